The molecule has 0 aliphatic heterocycles. The number of unbranched alkanes of at least 4 members (excludes halogenated alkanes) is 3. The van der Waals surface area contributed by atoms with Crippen molar-refractivity contribution < 1.29 is 38.3 Å². The summed E-state index contributed by atoms with van der Waals surface area (Å²) in [4.78, 5) is 26.5. The molecule has 2 aromatic heterocycles. The summed E-state index contributed by atoms with van der Waals surface area (Å²) in [5.41, 5.74) is 0.754. The standard InChI is InChI=1S/C20H28N4O4.Li/c1-20(2,3)28-19(27)21-11-6-4-5-7-12-24-14-15(13-22-24)16-9-8-10-17(23-16)18(25)26;/h8-10,13-14H,4-7,11-12H2,1-3H3,(H,21,27)(H,25,26);/q;+1/p-1. The first kappa shape index (κ1) is 24.7. The molecule has 0 saturated carbocycles. The molecule has 0 aliphatic rings. The predicted octanol–water partition coefficient (Wildman–Crippen LogP) is -0.602. The van der Waals surface area contributed by atoms with Gasteiger partial charge >= 0.3 is 25.0 Å². The Morgan fingerprint density at radius 2 is 1.90 bits per heavy atom. The fraction of sp³-hybridized carbons (Fsp3) is 0.500. The molecule has 0 radical (unpaired) electrons. The van der Waals surface area contributed by atoms with Gasteiger partial charge in [0.05, 0.1) is 23.6 Å². The molecule has 2 aromatic rings. The first-order valence-electron chi connectivity index (χ1n) is 9.43. The maximum absolute atomic E-state index is 11.5. The first-order valence-corrected chi connectivity index (χ1v) is 9.43. The Balaban J connectivity index is 0.00000420. The van der Waals surface area contributed by atoms with Gasteiger partial charge in [-0.25, -0.2) is 9.78 Å². The quantitative estimate of drug-likeness (QED) is 0.449. The minimum Gasteiger partial charge on any atom is -0.543 e. The number of amides is 1. The molecule has 8 nitrogen and oxygen atoms in total. The topological polar surface area (TPSA) is 109 Å². The molecule has 0 unspecified atom stereocenters. The summed E-state index contributed by atoms with van der Waals surface area (Å²) in [6, 6.07) is 4.78. The van der Waals surface area contributed by atoms with Crippen LogP contribution in [0.3, 0.4) is 0 Å². The molecule has 0 saturated heterocycles. The number of carboxylic acids is 1. The van der Waals surface area contributed by atoms with Gasteiger partial charge in [0.25, 0.3) is 0 Å². The predicted molar refractivity (Wildman–Crippen MR) is 102 cm³/mol. The van der Waals surface area contributed by atoms with Gasteiger partial charge in [-0.2, -0.15) is 5.10 Å². The van der Waals surface area contributed by atoms with Crippen LogP contribution in [0.25, 0.3) is 11.3 Å². The summed E-state index contributed by atoms with van der Waals surface area (Å²) < 4.78 is 7.00. The smallest absolute Gasteiger partial charge is 0.543 e. The number of carboxylic acid groups (broad SMARTS) is 1. The summed E-state index contributed by atoms with van der Waals surface area (Å²) in [7, 11) is 0. The van der Waals surface area contributed by atoms with E-state index in [9.17, 15) is 14.7 Å². The molecule has 0 spiro atoms. The van der Waals surface area contributed by atoms with Gasteiger partial charge in [0.2, 0.25) is 0 Å². The van der Waals surface area contributed by atoms with Gasteiger partial charge in [-0.15, -0.1) is 0 Å². The van der Waals surface area contributed by atoms with Gasteiger partial charge in [0, 0.05) is 24.8 Å². The Labute approximate surface area is 183 Å². The molecule has 9 heteroatoms. The molecule has 0 aromatic carbocycles. The van der Waals surface area contributed by atoms with Crippen LogP contribution in [0.15, 0.2) is 30.6 Å². The third-order valence-corrected chi connectivity index (χ3v) is 3.87. The first-order chi connectivity index (χ1) is 13.2. The van der Waals surface area contributed by atoms with E-state index in [0.717, 1.165) is 37.8 Å². The number of ether oxygens (including phenoxy) is 1. The van der Waals surface area contributed by atoms with Gasteiger partial charge in [0.15, 0.2) is 0 Å². The normalized spacial score (nSPS) is 10.9. The molecular weight excluding hydrogens is 367 g/mol. The number of carbonyl (C=O) groups excluding carboxylic acids is 2. The molecule has 0 bridgehead atoms. The third kappa shape index (κ3) is 9.16. The molecule has 2 rings (SSSR count). The maximum atomic E-state index is 11.5. The molecule has 29 heavy (non-hydrogen) atoms. The summed E-state index contributed by atoms with van der Waals surface area (Å²) >= 11 is 0. The van der Waals surface area contributed by atoms with Crippen LogP contribution >= 0.6 is 0 Å². The Bertz CT molecular complexity index is 802. The average molecular weight is 394 g/mol. The Hall–Kier alpha value is -2.30. The van der Waals surface area contributed by atoms with E-state index in [2.05, 4.69) is 15.4 Å². The van der Waals surface area contributed by atoms with Gasteiger partial charge in [-0.3, -0.25) is 4.68 Å². The number of aromatic nitrogens is 3. The number of alkyl carbamates (subject to hydrolysis) is 1. The third-order valence-electron chi connectivity index (χ3n) is 3.87. The Kier molecular flexibility index (Phi) is 9.93. The molecule has 0 atom stereocenters. The second-order valence-corrected chi connectivity index (χ2v) is 7.53. The summed E-state index contributed by atoms with van der Waals surface area (Å²) in [5, 5.41) is 18.0. The van der Waals surface area contributed by atoms with Crippen LogP contribution in [0.2, 0.25) is 0 Å². The van der Waals surface area contributed by atoms with Crippen LogP contribution in [0, 0.1) is 0 Å². The molecule has 2 heterocycles. The zero-order valence-electron chi connectivity index (χ0n) is 17.6. The largest absolute Gasteiger partial charge is 1.00 e. The van der Waals surface area contributed by atoms with E-state index in [0.29, 0.717) is 12.2 Å². The second kappa shape index (κ2) is 11.6. The van der Waals surface area contributed by atoms with E-state index < -0.39 is 11.6 Å². The van der Waals surface area contributed by atoms with E-state index in [-0.39, 0.29) is 30.6 Å². The fourth-order valence-electron chi connectivity index (χ4n) is 2.58. The molecule has 0 aliphatic carbocycles. The molecule has 152 valence electrons. The van der Waals surface area contributed by atoms with Crippen molar-refractivity contribution in [3.8, 4) is 11.3 Å². The van der Waals surface area contributed by atoms with Crippen molar-refractivity contribution in [1.82, 2.24) is 20.1 Å². The minimum absolute atomic E-state index is 0. The SMILES string of the molecule is CC(C)(C)OC(=O)NCCCCCCn1cc(-c2cccc(C(=O)[O-])n2)cn1.[Li+]. The molecular formula is C20H27LiN4O4. The average Bonchev–Trinajstić information content (AvgIpc) is 3.08. The minimum atomic E-state index is -1.30. The number of nitrogens with zero attached hydrogens (tertiary/aromatic N) is 3. The number of hydrogen-bond donors (Lipinski definition) is 1. The van der Waals surface area contributed by atoms with E-state index in [1.54, 1.807) is 18.3 Å². The van der Waals surface area contributed by atoms with Gasteiger partial charge in [-0.05, 0) is 45.7 Å². The number of nitrogens with one attached hydrogen (secondary N) is 1. The van der Waals surface area contributed by atoms with E-state index in [1.165, 1.54) is 6.07 Å². The van der Waals surface area contributed by atoms with Crippen LogP contribution < -0.4 is 29.3 Å². The van der Waals surface area contributed by atoms with Crippen molar-refractivity contribution in [2.24, 2.45) is 0 Å². The zero-order chi connectivity index (χ0) is 20.6. The number of rotatable bonds is 9. The van der Waals surface area contributed by atoms with Crippen LogP contribution in [-0.2, 0) is 11.3 Å². The second-order valence-electron chi connectivity index (χ2n) is 7.53. The number of hydrogen-bond acceptors (Lipinski definition) is 6. The van der Waals surface area contributed by atoms with E-state index >= 15 is 0 Å². The number of aromatic carboxylic acids is 1. The van der Waals surface area contributed by atoms with Crippen molar-refractivity contribution in [2.75, 3.05) is 6.54 Å². The summed E-state index contributed by atoms with van der Waals surface area (Å²) in [6.45, 7) is 6.87. The van der Waals surface area contributed by atoms with E-state index in [1.807, 2.05) is 31.6 Å². The van der Waals surface area contributed by atoms with Crippen molar-refractivity contribution in [2.45, 2.75) is 58.6 Å². The van der Waals surface area contributed by atoms with Crippen LogP contribution in [0.1, 0.15) is 56.9 Å². The number of aryl methyl sites for hydroxylation is 1. The van der Waals surface area contributed by atoms with Crippen molar-refractivity contribution >= 4 is 12.1 Å². The van der Waals surface area contributed by atoms with Crippen LogP contribution in [0.5, 0.6) is 0 Å². The number of carbonyl (C=O) groups is 2. The van der Waals surface area contributed by atoms with Crippen LogP contribution in [0.4, 0.5) is 4.79 Å². The van der Waals surface area contributed by atoms with Crippen molar-refractivity contribution in [3.63, 3.8) is 0 Å². The Morgan fingerprint density at radius 3 is 2.59 bits per heavy atom. The molecule has 1 amide bonds. The maximum Gasteiger partial charge on any atom is 1.00 e. The van der Waals surface area contributed by atoms with Crippen molar-refractivity contribution in [3.05, 3.63) is 36.3 Å². The Morgan fingerprint density at radius 1 is 1.17 bits per heavy atom. The van der Waals surface area contributed by atoms with Gasteiger partial charge in [0.1, 0.15) is 5.60 Å². The van der Waals surface area contributed by atoms with Gasteiger partial charge in [-0.1, -0.05) is 18.9 Å². The van der Waals surface area contributed by atoms with Crippen LogP contribution in [-0.4, -0.2) is 39.0 Å². The zero-order valence-corrected chi connectivity index (χ0v) is 17.6. The van der Waals surface area contributed by atoms with E-state index in [4.69, 9.17) is 4.74 Å². The molecule has 0 fully saturated rings. The number of pyridine rings is 1. The van der Waals surface area contributed by atoms with Gasteiger partial charge < -0.3 is 20.0 Å². The van der Waals surface area contributed by atoms with Crippen molar-refractivity contribution in [1.29, 1.82) is 0 Å². The summed E-state index contributed by atoms with van der Waals surface area (Å²) in [6.07, 6.45) is 7.01. The fourth-order valence-corrected chi connectivity index (χ4v) is 2.58. The molecule has 1 N–H and O–H groups in total. The monoisotopic (exact) mass is 394 g/mol. The summed E-state index contributed by atoms with van der Waals surface area (Å²) in [5.74, 6) is -1.30.